The van der Waals surface area contributed by atoms with Gasteiger partial charge in [0.25, 0.3) is 0 Å². The van der Waals surface area contributed by atoms with Crippen molar-refractivity contribution in [3.8, 4) is 0 Å². The number of hydrogen-bond donors (Lipinski definition) is 1. The van der Waals surface area contributed by atoms with Gasteiger partial charge in [0.15, 0.2) is 0 Å². The second-order valence-electron chi connectivity index (χ2n) is 5.56. The van der Waals surface area contributed by atoms with E-state index in [2.05, 4.69) is 31.7 Å². The van der Waals surface area contributed by atoms with Crippen molar-refractivity contribution in [3.05, 3.63) is 28.8 Å². The zero-order chi connectivity index (χ0) is 13.3. The molecule has 0 radical (unpaired) electrons. The topological polar surface area (TPSA) is 38.5 Å². The SMILES string of the molecule is CC1CN(c2ccc(CN)cc2Cl)CC(C)(C)O1. The van der Waals surface area contributed by atoms with Crippen molar-refractivity contribution in [1.29, 1.82) is 0 Å². The number of benzene rings is 1. The van der Waals surface area contributed by atoms with Gasteiger partial charge in [0, 0.05) is 19.6 Å². The van der Waals surface area contributed by atoms with E-state index in [1.54, 1.807) is 0 Å². The Hall–Kier alpha value is -0.770. The van der Waals surface area contributed by atoms with Gasteiger partial charge in [0.05, 0.1) is 22.4 Å². The molecule has 1 aliphatic rings. The van der Waals surface area contributed by atoms with Gasteiger partial charge in [0.2, 0.25) is 0 Å². The maximum atomic E-state index is 6.34. The molecule has 1 aromatic carbocycles. The van der Waals surface area contributed by atoms with Crippen LogP contribution in [-0.2, 0) is 11.3 Å². The summed E-state index contributed by atoms with van der Waals surface area (Å²) in [5.74, 6) is 0. The highest BCUT2D eigenvalue weighted by Crippen LogP contribution is 2.31. The van der Waals surface area contributed by atoms with Crippen LogP contribution in [0.15, 0.2) is 18.2 Å². The summed E-state index contributed by atoms with van der Waals surface area (Å²) >= 11 is 6.34. The van der Waals surface area contributed by atoms with Gasteiger partial charge < -0.3 is 15.4 Å². The van der Waals surface area contributed by atoms with Crippen LogP contribution in [0, 0.1) is 0 Å². The van der Waals surface area contributed by atoms with Crippen molar-refractivity contribution >= 4 is 17.3 Å². The number of morpholine rings is 1. The average Bonchev–Trinajstić information content (AvgIpc) is 2.25. The molecule has 1 atom stereocenters. The highest BCUT2D eigenvalue weighted by molar-refractivity contribution is 6.33. The molecule has 1 unspecified atom stereocenters. The number of hydrogen-bond acceptors (Lipinski definition) is 3. The molecule has 0 amide bonds. The van der Waals surface area contributed by atoms with E-state index in [0.717, 1.165) is 29.4 Å². The molecule has 1 fully saturated rings. The Morgan fingerprint density at radius 2 is 2.22 bits per heavy atom. The van der Waals surface area contributed by atoms with Crippen LogP contribution in [-0.4, -0.2) is 24.8 Å². The van der Waals surface area contributed by atoms with E-state index in [9.17, 15) is 0 Å². The summed E-state index contributed by atoms with van der Waals surface area (Å²) in [4.78, 5) is 2.29. The van der Waals surface area contributed by atoms with Gasteiger partial charge in [0.1, 0.15) is 0 Å². The highest BCUT2D eigenvalue weighted by atomic mass is 35.5. The molecule has 0 bridgehead atoms. The third-order valence-electron chi connectivity index (χ3n) is 3.16. The molecular formula is C14H21ClN2O. The summed E-state index contributed by atoms with van der Waals surface area (Å²) < 4.78 is 5.91. The zero-order valence-corrected chi connectivity index (χ0v) is 12.0. The largest absolute Gasteiger partial charge is 0.369 e. The van der Waals surface area contributed by atoms with Gasteiger partial charge in [-0.05, 0) is 38.5 Å². The Labute approximate surface area is 114 Å². The fourth-order valence-electron chi connectivity index (χ4n) is 2.57. The molecule has 0 aromatic heterocycles. The molecule has 1 heterocycles. The molecule has 3 nitrogen and oxygen atoms in total. The van der Waals surface area contributed by atoms with Crippen LogP contribution in [0.2, 0.25) is 5.02 Å². The molecule has 0 aliphatic carbocycles. The Morgan fingerprint density at radius 3 is 2.78 bits per heavy atom. The molecule has 1 aromatic rings. The quantitative estimate of drug-likeness (QED) is 0.896. The zero-order valence-electron chi connectivity index (χ0n) is 11.2. The fraction of sp³-hybridized carbons (Fsp3) is 0.571. The van der Waals surface area contributed by atoms with Crippen molar-refractivity contribution in [2.24, 2.45) is 5.73 Å². The first kappa shape index (κ1) is 13.7. The predicted octanol–water partition coefficient (Wildman–Crippen LogP) is 2.80. The van der Waals surface area contributed by atoms with Crippen molar-refractivity contribution in [3.63, 3.8) is 0 Å². The standard InChI is InChI=1S/C14H21ClN2O/c1-10-8-17(9-14(2,3)18-10)13-5-4-11(7-16)6-12(13)15/h4-6,10H,7-9,16H2,1-3H3. The van der Waals surface area contributed by atoms with Crippen molar-refractivity contribution in [2.75, 3.05) is 18.0 Å². The van der Waals surface area contributed by atoms with Crippen molar-refractivity contribution in [1.82, 2.24) is 0 Å². The highest BCUT2D eigenvalue weighted by Gasteiger charge is 2.32. The number of anilines is 1. The van der Waals surface area contributed by atoms with Crippen LogP contribution in [0.5, 0.6) is 0 Å². The molecule has 1 aliphatic heterocycles. The van der Waals surface area contributed by atoms with Gasteiger partial charge in [-0.15, -0.1) is 0 Å². The Bertz CT molecular complexity index is 434. The summed E-state index contributed by atoms with van der Waals surface area (Å²) in [6.45, 7) is 8.54. The summed E-state index contributed by atoms with van der Waals surface area (Å²) in [5.41, 5.74) is 7.60. The first-order chi connectivity index (χ1) is 8.41. The molecule has 1 saturated heterocycles. The number of ether oxygens (including phenoxy) is 1. The minimum Gasteiger partial charge on any atom is -0.369 e. The fourth-order valence-corrected chi connectivity index (χ4v) is 2.89. The van der Waals surface area contributed by atoms with E-state index in [1.807, 2.05) is 12.1 Å². The van der Waals surface area contributed by atoms with E-state index in [4.69, 9.17) is 22.1 Å². The van der Waals surface area contributed by atoms with Crippen LogP contribution in [0.4, 0.5) is 5.69 Å². The molecule has 4 heteroatoms. The van der Waals surface area contributed by atoms with Crippen LogP contribution >= 0.6 is 11.6 Å². The first-order valence-corrected chi connectivity index (χ1v) is 6.70. The molecule has 0 spiro atoms. The van der Waals surface area contributed by atoms with E-state index in [0.29, 0.717) is 6.54 Å². The van der Waals surface area contributed by atoms with E-state index in [1.165, 1.54) is 0 Å². The summed E-state index contributed by atoms with van der Waals surface area (Å²) in [7, 11) is 0. The Balaban J connectivity index is 2.25. The number of rotatable bonds is 2. The van der Waals surface area contributed by atoms with Gasteiger partial charge in [-0.2, -0.15) is 0 Å². The third kappa shape index (κ3) is 2.97. The minimum absolute atomic E-state index is 0.145. The second-order valence-corrected chi connectivity index (χ2v) is 5.97. The van der Waals surface area contributed by atoms with Gasteiger partial charge in [-0.1, -0.05) is 17.7 Å². The molecule has 18 heavy (non-hydrogen) atoms. The first-order valence-electron chi connectivity index (χ1n) is 6.32. The lowest BCUT2D eigenvalue weighted by atomic mass is 10.0. The normalized spacial score (nSPS) is 23.2. The lowest BCUT2D eigenvalue weighted by Gasteiger charge is -2.43. The minimum atomic E-state index is -0.145. The summed E-state index contributed by atoms with van der Waals surface area (Å²) in [5, 5.41) is 0.767. The Morgan fingerprint density at radius 1 is 1.50 bits per heavy atom. The Kier molecular flexibility index (Phi) is 3.85. The molecule has 2 N–H and O–H groups in total. The van der Waals surface area contributed by atoms with Crippen LogP contribution in [0.1, 0.15) is 26.3 Å². The van der Waals surface area contributed by atoms with Crippen molar-refractivity contribution in [2.45, 2.75) is 39.0 Å². The lowest BCUT2D eigenvalue weighted by Crippen LogP contribution is -2.52. The molecular weight excluding hydrogens is 248 g/mol. The predicted molar refractivity (Wildman–Crippen MR) is 76.2 cm³/mol. The average molecular weight is 269 g/mol. The molecule has 0 saturated carbocycles. The van der Waals surface area contributed by atoms with Gasteiger partial charge in [-0.25, -0.2) is 0 Å². The van der Waals surface area contributed by atoms with E-state index >= 15 is 0 Å². The maximum absolute atomic E-state index is 6.34. The monoisotopic (exact) mass is 268 g/mol. The smallest absolute Gasteiger partial charge is 0.0805 e. The third-order valence-corrected chi connectivity index (χ3v) is 3.46. The van der Waals surface area contributed by atoms with Crippen LogP contribution in [0.3, 0.4) is 0 Å². The van der Waals surface area contributed by atoms with E-state index in [-0.39, 0.29) is 11.7 Å². The maximum Gasteiger partial charge on any atom is 0.0805 e. The van der Waals surface area contributed by atoms with Gasteiger partial charge >= 0.3 is 0 Å². The second kappa shape index (κ2) is 5.08. The number of nitrogens with two attached hydrogens (primary N) is 1. The molecule has 100 valence electrons. The molecule has 2 rings (SSSR count). The number of halogens is 1. The van der Waals surface area contributed by atoms with Crippen LogP contribution < -0.4 is 10.6 Å². The lowest BCUT2D eigenvalue weighted by molar-refractivity contribution is -0.0749. The van der Waals surface area contributed by atoms with E-state index < -0.39 is 0 Å². The van der Waals surface area contributed by atoms with Gasteiger partial charge in [-0.3, -0.25) is 0 Å². The number of nitrogens with zero attached hydrogens (tertiary/aromatic N) is 1. The van der Waals surface area contributed by atoms with Crippen LogP contribution in [0.25, 0.3) is 0 Å². The summed E-state index contributed by atoms with van der Waals surface area (Å²) in [6, 6.07) is 6.04. The summed E-state index contributed by atoms with van der Waals surface area (Å²) in [6.07, 6.45) is 0.207. The van der Waals surface area contributed by atoms with Crippen molar-refractivity contribution < 1.29 is 4.74 Å².